The van der Waals surface area contributed by atoms with Crippen molar-refractivity contribution < 1.29 is 9.53 Å². The molecule has 4 nitrogen and oxygen atoms in total. The molecule has 0 atom stereocenters. The lowest BCUT2D eigenvalue weighted by atomic mass is 9.99. The molecular formula is C20H24N2O2. The van der Waals surface area contributed by atoms with Crippen molar-refractivity contribution in [3.05, 3.63) is 54.1 Å². The Labute approximate surface area is 143 Å². The van der Waals surface area contributed by atoms with Crippen LogP contribution in [0.25, 0.3) is 0 Å². The Kier molecular flexibility index (Phi) is 5.49. The smallest absolute Gasteiger partial charge is 0.227 e. The van der Waals surface area contributed by atoms with E-state index in [1.165, 1.54) is 5.56 Å². The Bertz CT molecular complexity index is 676. The fourth-order valence-electron chi connectivity index (χ4n) is 2.95. The summed E-state index contributed by atoms with van der Waals surface area (Å²) in [6.45, 7) is 3.50. The second-order valence-corrected chi connectivity index (χ2v) is 6.09. The molecule has 1 aliphatic rings. The van der Waals surface area contributed by atoms with Gasteiger partial charge in [0.1, 0.15) is 0 Å². The van der Waals surface area contributed by atoms with Gasteiger partial charge in [-0.05, 0) is 55.2 Å². The summed E-state index contributed by atoms with van der Waals surface area (Å²) in [7, 11) is 0. The third-order valence-electron chi connectivity index (χ3n) is 4.42. The van der Waals surface area contributed by atoms with Gasteiger partial charge in [0.15, 0.2) is 0 Å². The summed E-state index contributed by atoms with van der Waals surface area (Å²) in [5, 5.41) is 6.44. The third kappa shape index (κ3) is 4.15. The fraction of sp³-hybridized carbons (Fsp3) is 0.350. The molecule has 1 heterocycles. The van der Waals surface area contributed by atoms with E-state index in [0.29, 0.717) is 13.2 Å². The maximum absolute atomic E-state index is 12.2. The van der Waals surface area contributed by atoms with Crippen LogP contribution in [-0.4, -0.2) is 19.1 Å². The molecule has 2 aromatic carbocycles. The van der Waals surface area contributed by atoms with Crippen LogP contribution in [0.15, 0.2) is 48.5 Å². The maximum Gasteiger partial charge on any atom is 0.227 e. The highest BCUT2D eigenvalue weighted by Gasteiger charge is 2.21. The Balaban J connectivity index is 1.61. The van der Waals surface area contributed by atoms with Gasteiger partial charge in [-0.3, -0.25) is 4.79 Å². The van der Waals surface area contributed by atoms with Gasteiger partial charge in [-0.1, -0.05) is 25.1 Å². The monoisotopic (exact) mass is 324 g/mol. The standard InChI is InChI=1S/C20H24N2O2/c1-2-15-5-3-4-6-19(15)21-17-7-9-18(10-8-17)22-20(23)16-11-13-24-14-12-16/h3-10,16,21H,2,11-14H2,1H3,(H,22,23). The number of rotatable bonds is 5. The maximum atomic E-state index is 12.2. The summed E-state index contributed by atoms with van der Waals surface area (Å²) in [6.07, 6.45) is 2.60. The number of aryl methyl sites for hydroxylation is 1. The van der Waals surface area contributed by atoms with Gasteiger partial charge in [0.05, 0.1) is 0 Å². The van der Waals surface area contributed by atoms with Crippen molar-refractivity contribution in [1.82, 2.24) is 0 Å². The number of para-hydroxylation sites is 1. The molecule has 0 unspecified atom stereocenters. The van der Waals surface area contributed by atoms with Crippen LogP contribution in [0, 0.1) is 5.92 Å². The zero-order valence-electron chi connectivity index (χ0n) is 14.0. The Morgan fingerprint density at radius 2 is 1.71 bits per heavy atom. The minimum Gasteiger partial charge on any atom is -0.381 e. The number of amides is 1. The Morgan fingerprint density at radius 1 is 1.04 bits per heavy atom. The van der Waals surface area contributed by atoms with Gasteiger partial charge >= 0.3 is 0 Å². The van der Waals surface area contributed by atoms with Crippen molar-refractivity contribution >= 4 is 23.0 Å². The summed E-state index contributed by atoms with van der Waals surface area (Å²) >= 11 is 0. The molecule has 1 aliphatic heterocycles. The second kappa shape index (κ2) is 7.97. The molecule has 4 heteroatoms. The number of ether oxygens (including phenoxy) is 1. The molecule has 0 radical (unpaired) electrons. The van der Waals surface area contributed by atoms with E-state index in [2.05, 4.69) is 35.8 Å². The van der Waals surface area contributed by atoms with Crippen LogP contribution >= 0.6 is 0 Å². The number of anilines is 3. The first kappa shape index (κ1) is 16.5. The zero-order valence-corrected chi connectivity index (χ0v) is 14.0. The molecule has 0 spiro atoms. The number of nitrogens with one attached hydrogen (secondary N) is 2. The molecule has 24 heavy (non-hydrogen) atoms. The van der Waals surface area contributed by atoms with E-state index in [0.717, 1.165) is 36.3 Å². The van der Waals surface area contributed by atoms with Gasteiger partial charge < -0.3 is 15.4 Å². The largest absolute Gasteiger partial charge is 0.381 e. The van der Waals surface area contributed by atoms with Gasteiger partial charge in [-0.15, -0.1) is 0 Å². The molecule has 1 amide bonds. The van der Waals surface area contributed by atoms with Gasteiger partial charge in [0, 0.05) is 36.2 Å². The average molecular weight is 324 g/mol. The van der Waals surface area contributed by atoms with E-state index in [1.807, 2.05) is 30.3 Å². The second-order valence-electron chi connectivity index (χ2n) is 6.09. The summed E-state index contributed by atoms with van der Waals surface area (Å²) in [5.41, 5.74) is 4.26. The van der Waals surface area contributed by atoms with Crippen LogP contribution < -0.4 is 10.6 Å². The number of hydrogen-bond acceptors (Lipinski definition) is 3. The Hall–Kier alpha value is -2.33. The quantitative estimate of drug-likeness (QED) is 0.859. The van der Waals surface area contributed by atoms with Gasteiger partial charge in [-0.2, -0.15) is 0 Å². The van der Waals surface area contributed by atoms with E-state index in [-0.39, 0.29) is 11.8 Å². The average Bonchev–Trinajstić information content (AvgIpc) is 2.64. The lowest BCUT2D eigenvalue weighted by Crippen LogP contribution is -2.28. The number of benzene rings is 2. The summed E-state index contributed by atoms with van der Waals surface area (Å²) < 4.78 is 5.30. The molecule has 3 rings (SSSR count). The minimum atomic E-state index is 0.0629. The van der Waals surface area contributed by atoms with Crippen molar-refractivity contribution in [2.75, 3.05) is 23.8 Å². The van der Waals surface area contributed by atoms with Crippen LogP contribution in [0.3, 0.4) is 0 Å². The van der Waals surface area contributed by atoms with Crippen molar-refractivity contribution in [3.63, 3.8) is 0 Å². The third-order valence-corrected chi connectivity index (χ3v) is 4.42. The van der Waals surface area contributed by atoms with Crippen molar-refractivity contribution in [2.24, 2.45) is 5.92 Å². The predicted molar refractivity (Wildman–Crippen MR) is 97.7 cm³/mol. The highest BCUT2D eigenvalue weighted by molar-refractivity contribution is 5.92. The number of carbonyl (C=O) groups is 1. The van der Waals surface area contributed by atoms with Crippen molar-refractivity contribution in [2.45, 2.75) is 26.2 Å². The van der Waals surface area contributed by atoms with Gasteiger partial charge in [0.2, 0.25) is 5.91 Å². The van der Waals surface area contributed by atoms with Gasteiger partial charge in [-0.25, -0.2) is 0 Å². The first-order valence-corrected chi connectivity index (χ1v) is 8.60. The molecular weight excluding hydrogens is 300 g/mol. The van der Waals surface area contributed by atoms with E-state index in [4.69, 9.17) is 4.74 Å². The zero-order chi connectivity index (χ0) is 16.8. The molecule has 1 saturated heterocycles. The van der Waals surface area contributed by atoms with E-state index in [1.54, 1.807) is 0 Å². The summed E-state index contributed by atoms with van der Waals surface area (Å²) in [5.74, 6) is 0.156. The predicted octanol–water partition coefficient (Wildman–Crippen LogP) is 4.36. The van der Waals surface area contributed by atoms with Crippen molar-refractivity contribution in [1.29, 1.82) is 0 Å². The number of carbonyl (C=O) groups excluding carboxylic acids is 1. The molecule has 2 N–H and O–H groups in total. The van der Waals surface area contributed by atoms with Gasteiger partial charge in [0.25, 0.3) is 0 Å². The van der Waals surface area contributed by atoms with Crippen LogP contribution in [0.2, 0.25) is 0 Å². The first-order valence-electron chi connectivity index (χ1n) is 8.60. The summed E-state index contributed by atoms with van der Waals surface area (Å²) in [6, 6.07) is 16.2. The highest BCUT2D eigenvalue weighted by atomic mass is 16.5. The SMILES string of the molecule is CCc1ccccc1Nc1ccc(NC(=O)C2CCOCC2)cc1. The fourth-order valence-corrected chi connectivity index (χ4v) is 2.95. The molecule has 0 aromatic heterocycles. The normalized spacial score (nSPS) is 15.0. The van der Waals surface area contributed by atoms with E-state index >= 15 is 0 Å². The molecule has 0 aliphatic carbocycles. The molecule has 2 aromatic rings. The number of hydrogen-bond donors (Lipinski definition) is 2. The van der Waals surface area contributed by atoms with E-state index < -0.39 is 0 Å². The van der Waals surface area contributed by atoms with Crippen LogP contribution in [0.5, 0.6) is 0 Å². The Morgan fingerprint density at radius 3 is 2.42 bits per heavy atom. The first-order chi connectivity index (χ1) is 11.8. The van der Waals surface area contributed by atoms with Crippen LogP contribution in [0.4, 0.5) is 17.1 Å². The summed E-state index contributed by atoms with van der Waals surface area (Å²) in [4.78, 5) is 12.2. The lowest BCUT2D eigenvalue weighted by molar-refractivity contribution is -0.122. The molecule has 126 valence electrons. The minimum absolute atomic E-state index is 0.0629. The highest BCUT2D eigenvalue weighted by Crippen LogP contribution is 2.23. The van der Waals surface area contributed by atoms with Crippen LogP contribution in [-0.2, 0) is 16.0 Å². The molecule has 0 saturated carbocycles. The van der Waals surface area contributed by atoms with Crippen molar-refractivity contribution in [3.8, 4) is 0 Å². The molecule has 0 bridgehead atoms. The van der Waals surface area contributed by atoms with E-state index in [9.17, 15) is 4.79 Å². The molecule has 1 fully saturated rings. The lowest BCUT2D eigenvalue weighted by Gasteiger charge is -2.21. The van der Waals surface area contributed by atoms with Crippen LogP contribution in [0.1, 0.15) is 25.3 Å². The topological polar surface area (TPSA) is 50.4 Å².